The van der Waals surface area contributed by atoms with Crippen LogP contribution in [0.4, 0.5) is 11.5 Å². The van der Waals surface area contributed by atoms with Crippen LogP contribution in [0.3, 0.4) is 0 Å². The molecule has 2 aromatic heterocycles. The van der Waals surface area contributed by atoms with Crippen LogP contribution in [0.2, 0.25) is 0 Å². The van der Waals surface area contributed by atoms with E-state index >= 15 is 0 Å². The maximum atomic E-state index is 12.6. The van der Waals surface area contributed by atoms with Crippen molar-refractivity contribution in [1.82, 2.24) is 19.7 Å². The highest BCUT2D eigenvalue weighted by Crippen LogP contribution is 2.30. The van der Waals surface area contributed by atoms with Gasteiger partial charge in [0.05, 0.1) is 30.8 Å². The maximum absolute atomic E-state index is 12.6. The minimum absolute atomic E-state index is 0.106. The van der Waals surface area contributed by atoms with Crippen LogP contribution >= 0.6 is 0 Å². The van der Waals surface area contributed by atoms with E-state index in [0.29, 0.717) is 22.4 Å². The highest BCUT2D eigenvalue weighted by Gasteiger charge is 2.22. The lowest BCUT2D eigenvalue weighted by molar-refractivity contribution is 0.282. The summed E-state index contributed by atoms with van der Waals surface area (Å²) >= 11 is 0. The van der Waals surface area contributed by atoms with Gasteiger partial charge < -0.3 is 10.8 Å². The Morgan fingerprint density at radius 2 is 1.91 bits per heavy atom. The Morgan fingerprint density at radius 1 is 1.12 bits per heavy atom. The van der Waals surface area contributed by atoms with Crippen LogP contribution in [-0.4, -0.2) is 39.8 Å². The van der Waals surface area contributed by atoms with Gasteiger partial charge in [0.1, 0.15) is 17.8 Å². The molecule has 0 aliphatic rings. The molecule has 4 aromatic rings. The molecule has 0 spiro atoms. The van der Waals surface area contributed by atoms with Crippen LogP contribution in [0.15, 0.2) is 72.9 Å². The number of aliphatic hydroxyl groups is 1. The van der Waals surface area contributed by atoms with Gasteiger partial charge in [-0.3, -0.25) is 4.31 Å². The van der Waals surface area contributed by atoms with Gasteiger partial charge >= 0.3 is 0 Å². The molecule has 0 saturated heterocycles. The third-order valence-electron chi connectivity index (χ3n) is 5.02. The third kappa shape index (κ3) is 4.05. The summed E-state index contributed by atoms with van der Waals surface area (Å²) in [5, 5.41) is 15.7. The summed E-state index contributed by atoms with van der Waals surface area (Å²) in [6.07, 6.45) is 1.35. The first-order chi connectivity index (χ1) is 15.4. The second kappa shape index (κ2) is 8.77. The van der Waals surface area contributed by atoms with Crippen molar-refractivity contribution >= 4 is 32.6 Å². The number of nitrogens with two attached hydrogens (primary N) is 1. The topological polar surface area (TPSA) is 127 Å². The number of anilines is 2. The molecule has 0 atom stereocenters. The lowest BCUT2D eigenvalue weighted by atomic mass is 10.1. The molecule has 32 heavy (non-hydrogen) atoms. The number of nitrogen functional groups attached to an aromatic ring is 1. The zero-order valence-electron chi connectivity index (χ0n) is 17.2. The Morgan fingerprint density at radius 3 is 2.62 bits per heavy atom. The zero-order chi connectivity index (χ0) is 22.7. The van der Waals surface area contributed by atoms with Gasteiger partial charge in [0.2, 0.25) is 0 Å². The number of aliphatic hydroxyl groups excluding tert-OH is 1. The van der Waals surface area contributed by atoms with Crippen molar-refractivity contribution < 1.29 is 13.5 Å². The number of hydrogen-bond donors (Lipinski definition) is 2. The second-order valence-electron chi connectivity index (χ2n) is 7.01. The van der Waals surface area contributed by atoms with Crippen molar-refractivity contribution in [2.75, 3.05) is 16.6 Å². The number of aromatic nitrogens is 4. The van der Waals surface area contributed by atoms with E-state index in [9.17, 15) is 13.5 Å². The highest BCUT2D eigenvalue weighted by molar-refractivity contribution is 7.95. The van der Waals surface area contributed by atoms with E-state index in [4.69, 9.17) is 5.73 Å². The number of nitrogens with zero attached hydrogens (tertiary/aromatic N) is 5. The molecule has 0 saturated carbocycles. The molecule has 4 rings (SSSR count). The van der Waals surface area contributed by atoms with Gasteiger partial charge in [-0.05, 0) is 23.8 Å². The molecule has 0 aliphatic heterocycles. The van der Waals surface area contributed by atoms with Gasteiger partial charge in [0.15, 0.2) is 5.65 Å². The summed E-state index contributed by atoms with van der Waals surface area (Å²) in [5.74, 6) is 0.268. The van der Waals surface area contributed by atoms with Crippen molar-refractivity contribution in [1.29, 1.82) is 0 Å². The fourth-order valence-corrected chi connectivity index (χ4v) is 4.41. The van der Waals surface area contributed by atoms with Crippen molar-refractivity contribution in [3.63, 3.8) is 0 Å². The highest BCUT2D eigenvalue weighted by atomic mass is 32.2. The Kier molecular flexibility index (Phi) is 5.89. The number of benzene rings is 2. The predicted octanol–water partition coefficient (Wildman–Crippen LogP) is 2.55. The fourth-order valence-electron chi connectivity index (χ4n) is 3.48. The summed E-state index contributed by atoms with van der Waals surface area (Å²) in [6, 6.07) is 16.1. The molecule has 164 valence electrons. The number of rotatable bonds is 8. The van der Waals surface area contributed by atoms with E-state index in [1.54, 1.807) is 35.0 Å². The summed E-state index contributed by atoms with van der Waals surface area (Å²) in [7, 11) is -3.73. The number of fused-ring (bicyclic) bond motifs is 1. The fraction of sp³-hybridized carbons (Fsp3) is 0.136. The molecular weight excluding hydrogens is 428 g/mol. The quantitative estimate of drug-likeness (QED) is 0.422. The summed E-state index contributed by atoms with van der Waals surface area (Å²) in [4.78, 5) is 8.42. The van der Waals surface area contributed by atoms with Crippen molar-refractivity contribution in [3.8, 4) is 11.3 Å². The van der Waals surface area contributed by atoms with Crippen molar-refractivity contribution in [2.24, 2.45) is 0 Å². The average molecular weight is 451 g/mol. The minimum atomic E-state index is -3.73. The Hall–Kier alpha value is -3.76. The van der Waals surface area contributed by atoms with E-state index in [1.165, 1.54) is 10.6 Å². The summed E-state index contributed by atoms with van der Waals surface area (Å²) in [5.41, 5.74) is 9.20. The molecular formula is C22H22N6O3S. The van der Waals surface area contributed by atoms with Crippen molar-refractivity contribution in [3.05, 3.63) is 78.5 Å². The van der Waals surface area contributed by atoms with Crippen LogP contribution in [-0.2, 0) is 23.2 Å². The summed E-state index contributed by atoms with van der Waals surface area (Å²) < 4.78 is 28.2. The van der Waals surface area contributed by atoms with E-state index in [1.807, 2.05) is 24.3 Å². The molecule has 0 fully saturated rings. The molecule has 0 aliphatic carbocycles. The molecule has 9 nitrogen and oxygen atoms in total. The first-order valence-corrected chi connectivity index (χ1v) is 11.3. The zero-order valence-corrected chi connectivity index (χ0v) is 18.0. The van der Waals surface area contributed by atoms with Gasteiger partial charge in [-0.2, -0.15) is 5.10 Å². The van der Waals surface area contributed by atoms with Gasteiger partial charge in [0.25, 0.3) is 10.0 Å². The van der Waals surface area contributed by atoms with Crippen LogP contribution in [0.5, 0.6) is 0 Å². The summed E-state index contributed by atoms with van der Waals surface area (Å²) in [6.45, 7) is 3.66. The Bertz CT molecular complexity index is 1370. The first-order valence-electron chi connectivity index (χ1n) is 9.82. The SMILES string of the molecule is C=CS(=O)(=O)N(CCn1nc(-c2cccc(CO)c2)c2c(N)ncnc21)c1ccccc1. The van der Waals surface area contributed by atoms with E-state index in [-0.39, 0.29) is 25.5 Å². The van der Waals surface area contributed by atoms with Gasteiger partial charge in [-0.1, -0.05) is 43.0 Å². The van der Waals surface area contributed by atoms with Crippen LogP contribution in [0, 0.1) is 0 Å². The normalized spacial score (nSPS) is 11.5. The average Bonchev–Trinajstić information content (AvgIpc) is 3.20. The largest absolute Gasteiger partial charge is 0.392 e. The standard InChI is InChI=1S/C22H22N6O3S/c1-2-32(30,31)28(18-9-4-3-5-10-18)12-11-27-22-19(21(23)24-15-25-22)20(26-27)17-8-6-7-16(13-17)14-29/h2-10,13,15,29H,1,11-12,14H2,(H2,23,24,25). The smallest absolute Gasteiger partial charge is 0.256 e. The Labute approximate surface area is 185 Å². The van der Waals surface area contributed by atoms with Gasteiger partial charge in [0, 0.05) is 11.0 Å². The van der Waals surface area contributed by atoms with Crippen molar-refractivity contribution in [2.45, 2.75) is 13.2 Å². The molecule has 10 heteroatoms. The first kappa shape index (κ1) is 21.5. The number of sulfonamides is 1. The minimum Gasteiger partial charge on any atom is -0.392 e. The van der Waals surface area contributed by atoms with Gasteiger partial charge in [-0.25, -0.2) is 23.1 Å². The predicted molar refractivity (Wildman–Crippen MR) is 124 cm³/mol. The Balaban J connectivity index is 1.76. The molecule has 3 N–H and O–H groups in total. The number of hydrogen-bond acceptors (Lipinski definition) is 7. The molecule has 2 heterocycles. The van der Waals surface area contributed by atoms with Crippen LogP contribution in [0.1, 0.15) is 5.56 Å². The molecule has 2 aromatic carbocycles. The second-order valence-corrected chi connectivity index (χ2v) is 8.81. The maximum Gasteiger partial charge on any atom is 0.256 e. The van der Waals surface area contributed by atoms with E-state index in [0.717, 1.165) is 16.5 Å². The molecule has 0 unspecified atom stereocenters. The molecule has 0 amide bonds. The number of para-hydroxylation sites is 1. The van der Waals surface area contributed by atoms with E-state index < -0.39 is 10.0 Å². The van der Waals surface area contributed by atoms with Gasteiger partial charge in [-0.15, -0.1) is 0 Å². The van der Waals surface area contributed by atoms with Crippen LogP contribution in [0.25, 0.3) is 22.3 Å². The van der Waals surface area contributed by atoms with Crippen LogP contribution < -0.4 is 10.0 Å². The molecule has 0 bridgehead atoms. The third-order valence-corrected chi connectivity index (χ3v) is 6.45. The van der Waals surface area contributed by atoms with E-state index in [2.05, 4.69) is 21.6 Å². The molecule has 0 radical (unpaired) electrons. The lowest BCUT2D eigenvalue weighted by Gasteiger charge is -2.22. The lowest BCUT2D eigenvalue weighted by Crippen LogP contribution is -2.32. The monoisotopic (exact) mass is 450 g/mol.